The number of aromatic nitrogens is 4. The van der Waals surface area contributed by atoms with Crippen LogP contribution in [0.5, 0.6) is 0 Å². The molecule has 5 heteroatoms. The summed E-state index contributed by atoms with van der Waals surface area (Å²) in [7, 11) is 0. The van der Waals surface area contributed by atoms with E-state index < -0.39 is 0 Å². The third-order valence-electron chi connectivity index (χ3n) is 2.94. The van der Waals surface area contributed by atoms with Crippen LogP contribution in [0.1, 0.15) is 29.5 Å². The minimum atomic E-state index is 0.348. The van der Waals surface area contributed by atoms with E-state index in [2.05, 4.69) is 31.5 Å². The van der Waals surface area contributed by atoms with Crippen molar-refractivity contribution in [3.63, 3.8) is 0 Å². The lowest BCUT2D eigenvalue weighted by Crippen LogP contribution is -2.20. The molecule has 0 aromatic carbocycles. The summed E-state index contributed by atoms with van der Waals surface area (Å²) in [5, 5.41) is 10.1. The Morgan fingerprint density at radius 3 is 3.31 bits per heavy atom. The van der Waals surface area contributed by atoms with E-state index in [-0.39, 0.29) is 0 Å². The first-order valence-electron chi connectivity index (χ1n) is 5.45. The largest absolute Gasteiger partial charge is 0.302 e. The predicted molar refractivity (Wildman–Crippen MR) is 58.5 cm³/mol. The molecule has 2 aromatic rings. The minimum absolute atomic E-state index is 0.348. The number of H-pyrrole nitrogens is 1. The molecule has 0 fully saturated rings. The van der Waals surface area contributed by atoms with Crippen molar-refractivity contribution < 1.29 is 0 Å². The van der Waals surface area contributed by atoms with Gasteiger partial charge in [-0.1, -0.05) is 6.07 Å². The second-order valence-corrected chi connectivity index (χ2v) is 3.95. The second kappa shape index (κ2) is 4.02. The Bertz CT molecular complexity index is 465. The zero-order valence-corrected chi connectivity index (χ0v) is 8.85. The van der Waals surface area contributed by atoms with Crippen LogP contribution in [0.2, 0.25) is 0 Å². The fourth-order valence-corrected chi connectivity index (χ4v) is 2.15. The fourth-order valence-electron chi connectivity index (χ4n) is 2.15. The van der Waals surface area contributed by atoms with Crippen LogP contribution in [-0.2, 0) is 13.0 Å². The lowest BCUT2D eigenvalue weighted by atomic mass is 10.2. The van der Waals surface area contributed by atoms with Crippen LogP contribution in [0.4, 0.5) is 0 Å². The number of pyridine rings is 1. The molecule has 1 aliphatic rings. The highest BCUT2D eigenvalue weighted by Crippen LogP contribution is 2.28. The summed E-state index contributed by atoms with van der Waals surface area (Å²) in [6, 6.07) is 4.50. The molecular weight excluding hydrogens is 202 g/mol. The van der Waals surface area contributed by atoms with E-state index >= 15 is 0 Å². The first kappa shape index (κ1) is 9.47. The lowest BCUT2D eigenvalue weighted by Gasteiger charge is -2.11. The highest BCUT2D eigenvalue weighted by molar-refractivity contribution is 5.27. The van der Waals surface area contributed by atoms with Crippen LogP contribution < -0.4 is 5.32 Å². The molecule has 5 nitrogen and oxygen atoms in total. The molecule has 0 saturated heterocycles. The van der Waals surface area contributed by atoms with E-state index in [0.717, 1.165) is 18.7 Å². The van der Waals surface area contributed by atoms with Gasteiger partial charge in [-0.15, -0.1) is 0 Å². The van der Waals surface area contributed by atoms with Crippen LogP contribution in [0.15, 0.2) is 24.7 Å². The summed E-state index contributed by atoms with van der Waals surface area (Å²) >= 11 is 0. The van der Waals surface area contributed by atoms with Crippen molar-refractivity contribution in [1.82, 2.24) is 25.5 Å². The average Bonchev–Trinajstić information content (AvgIpc) is 2.96. The first-order valence-corrected chi connectivity index (χ1v) is 5.45. The highest BCUT2D eigenvalue weighted by atomic mass is 15.2. The van der Waals surface area contributed by atoms with Gasteiger partial charge >= 0.3 is 0 Å². The molecule has 2 N–H and O–H groups in total. The van der Waals surface area contributed by atoms with Crippen molar-refractivity contribution in [2.45, 2.75) is 25.4 Å². The molecule has 0 amide bonds. The van der Waals surface area contributed by atoms with Crippen molar-refractivity contribution in [1.29, 1.82) is 0 Å². The molecule has 1 aliphatic carbocycles. The second-order valence-electron chi connectivity index (χ2n) is 3.95. The van der Waals surface area contributed by atoms with E-state index in [0.29, 0.717) is 12.6 Å². The van der Waals surface area contributed by atoms with Crippen LogP contribution >= 0.6 is 0 Å². The van der Waals surface area contributed by atoms with Gasteiger partial charge in [-0.2, -0.15) is 5.10 Å². The summed E-state index contributed by atoms with van der Waals surface area (Å²) in [5.41, 5.74) is 2.54. The Morgan fingerprint density at radius 1 is 1.44 bits per heavy atom. The van der Waals surface area contributed by atoms with Gasteiger partial charge in [0.15, 0.2) is 0 Å². The number of fused-ring (bicyclic) bond motifs is 1. The van der Waals surface area contributed by atoms with Gasteiger partial charge in [-0.25, -0.2) is 4.98 Å². The van der Waals surface area contributed by atoms with Gasteiger partial charge in [0.1, 0.15) is 12.2 Å². The summed E-state index contributed by atoms with van der Waals surface area (Å²) in [6.45, 7) is 0.709. The maximum absolute atomic E-state index is 4.43. The Balaban J connectivity index is 1.69. The van der Waals surface area contributed by atoms with Crippen molar-refractivity contribution in [3.8, 4) is 0 Å². The highest BCUT2D eigenvalue weighted by Gasteiger charge is 2.22. The summed E-state index contributed by atoms with van der Waals surface area (Å²) in [6.07, 6.45) is 5.60. The molecule has 82 valence electrons. The van der Waals surface area contributed by atoms with Crippen molar-refractivity contribution in [2.75, 3.05) is 0 Å². The zero-order chi connectivity index (χ0) is 10.8. The van der Waals surface area contributed by atoms with Crippen LogP contribution in [-0.4, -0.2) is 20.2 Å². The number of nitrogens with zero attached hydrogens (tertiary/aromatic N) is 3. The number of aryl methyl sites for hydroxylation is 1. The van der Waals surface area contributed by atoms with Crippen LogP contribution in [0.25, 0.3) is 0 Å². The predicted octanol–water partition coefficient (Wildman–Crippen LogP) is 0.977. The van der Waals surface area contributed by atoms with E-state index in [1.807, 2.05) is 12.3 Å². The van der Waals surface area contributed by atoms with E-state index in [4.69, 9.17) is 0 Å². The van der Waals surface area contributed by atoms with E-state index in [1.54, 1.807) is 0 Å². The summed E-state index contributed by atoms with van der Waals surface area (Å²) in [4.78, 5) is 8.52. The number of hydrogen-bond donors (Lipinski definition) is 2. The fraction of sp³-hybridized carbons (Fsp3) is 0.364. The SMILES string of the molecule is c1cnc2c(c1)CCC2NCc1ncn[nH]1. The van der Waals surface area contributed by atoms with E-state index in [9.17, 15) is 0 Å². The standard InChI is InChI=1S/C11H13N5/c1-2-8-3-4-9(11(8)12-5-1)13-6-10-14-7-15-16-10/h1-2,5,7,9,13H,3-4,6H2,(H,14,15,16). The van der Waals surface area contributed by atoms with Gasteiger partial charge in [0, 0.05) is 6.20 Å². The van der Waals surface area contributed by atoms with Gasteiger partial charge in [-0.3, -0.25) is 10.1 Å². The molecular formula is C11H13N5. The number of nitrogens with one attached hydrogen (secondary N) is 2. The van der Waals surface area contributed by atoms with Crippen molar-refractivity contribution in [2.24, 2.45) is 0 Å². The third kappa shape index (κ3) is 1.69. The molecule has 0 spiro atoms. The van der Waals surface area contributed by atoms with Crippen LogP contribution in [0, 0.1) is 0 Å². The number of rotatable bonds is 3. The summed E-state index contributed by atoms with van der Waals surface area (Å²) in [5.74, 6) is 0.865. The smallest absolute Gasteiger partial charge is 0.138 e. The lowest BCUT2D eigenvalue weighted by molar-refractivity contribution is 0.511. The maximum atomic E-state index is 4.43. The Hall–Kier alpha value is -1.75. The van der Waals surface area contributed by atoms with E-state index in [1.165, 1.54) is 17.6 Å². The van der Waals surface area contributed by atoms with Gasteiger partial charge in [-0.05, 0) is 24.5 Å². The van der Waals surface area contributed by atoms with Gasteiger partial charge in [0.25, 0.3) is 0 Å². The molecule has 0 radical (unpaired) electrons. The molecule has 0 saturated carbocycles. The topological polar surface area (TPSA) is 66.5 Å². The third-order valence-corrected chi connectivity index (χ3v) is 2.94. The number of hydrogen-bond acceptors (Lipinski definition) is 4. The van der Waals surface area contributed by atoms with Crippen molar-refractivity contribution >= 4 is 0 Å². The first-order chi connectivity index (χ1) is 7.93. The molecule has 1 atom stereocenters. The van der Waals surface area contributed by atoms with Crippen molar-refractivity contribution in [3.05, 3.63) is 41.7 Å². The Morgan fingerprint density at radius 2 is 2.44 bits per heavy atom. The molecule has 1 unspecified atom stereocenters. The van der Waals surface area contributed by atoms with Gasteiger partial charge in [0.05, 0.1) is 18.3 Å². The average molecular weight is 215 g/mol. The minimum Gasteiger partial charge on any atom is -0.302 e. The number of aromatic amines is 1. The monoisotopic (exact) mass is 215 g/mol. The molecule has 0 aliphatic heterocycles. The normalized spacial score (nSPS) is 18.6. The quantitative estimate of drug-likeness (QED) is 0.800. The molecule has 16 heavy (non-hydrogen) atoms. The molecule has 0 bridgehead atoms. The maximum Gasteiger partial charge on any atom is 0.138 e. The van der Waals surface area contributed by atoms with Gasteiger partial charge in [0.2, 0.25) is 0 Å². The zero-order valence-electron chi connectivity index (χ0n) is 8.85. The van der Waals surface area contributed by atoms with Crippen LogP contribution in [0.3, 0.4) is 0 Å². The molecule has 3 rings (SSSR count). The molecule has 2 aromatic heterocycles. The Labute approximate surface area is 93.3 Å². The summed E-state index contributed by atoms with van der Waals surface area (Å²) < 4.78 is 0. The van der Waals surface area contributed by atoms with Gasteiger partial charge < -0.3 is 5.32 Å². The molecule has 2 heterocycles. The Kier molecular flexibility index (Phi) is 2.38.